The second-order valence-corrected chi connectivity index (χ2v) is 3.50. The molecule has 2 rings (SSSR count). The quantitative estimate of drug-likeness (QED) is 0.416. The van der Waals surface area contributed by atoms with Gasteiger partial charge in [-0.2, -0.15) is 9.97 Å². The van der Waals surface area contributed by atoms with Gasteiger partial charge in [-0.15, -0.1) is 0 Å². The van der Waals surface area contributed by atoms with Crippen LogP contribution in [-0.2, 0) is 0 Å². The summed E-state index contributed by atoms with van der Waals surface area (Å²) in [6.45, 7) is 0. The van der Waals surface area contributed by atoms with E-state index in [0.717, 1.165) is 12.1 Å². The first-order chi connectivity index (χ1) is 9.12. The molecule has 2 aromatic rings. The van der Waals surface area contributed by atoms with E-state index in [-0.39, 0.29) is 11.6 Å². The predicted octanol–water partition coefficient (Wildman–Crippen LogP) is 1.07. The minimum Gasteiger partial charge on any atom is -0.324 e. The smallest absolute Gasteiger partial charge is 0.231 e. The van der Waals surface area contributed by atoms with Gasteiger partial charge in [0.15, 0.2) is 11.6 Å². The SMILES string of the molecule is NNc1cc(NN)nc(Nc2ccc(F)c(F)c2)n1. The third-order valence-corrected chi connectivity index (χ3v) is 2.20. The van der Waals surface area contributed by atoms with Crippen molar-refractivity contribution in [2.45, 2.75) is 0 Å². The number of hydrogen-bond acceptors (Lipinski definition) is 7. The van der Waals surface area contributed by atoms with Gasteiger partial charge in [-0.05, 0) is 12.1 Å². The average molecular weight is 267 g/mol. The van der Waals surface area contributed by atoms with Crippen LogP contribution in [0.4, 0.5) is 32.1 Å². The second kappa shape index (κ2) is 5.42. The lowest BCUT2D eigenvalue weighted by molar-refractivity contribution is 0.509. The molecule has 0 saturated carbocycles. The van der Waals surface area contributed by atoms with Gasteiger partial charge in [0.2, 0.25) is 5.95 Å². The Bertz CT molecular complexity index is 568. The van der Waals surface area contributed by atoms with Crippen molar-refractivity contribution in [3.8, 4) is 0 Å². The molecule has 9 heteroatoms. The molecular weight excluding hydrogens is 256 g/mol. The molecule has 0 radical (unpaired) electrons. The van der Waals surface area contributed by atoms with E-state index in [1.807, 2.05) is 0 Å². The molecule has 0 aliphatic carbocycles. The molecule has 0 aliphatic heterocycles. The Labute approximate surface area is 107 Å². The third-order valence-electron chi connectivity index (χ3n) is 2.20. The minimum absolute atomic E-state index is 0.120. The van der Waals surface area contributed by atoms with Gasteiger partial charge in [-0.25, -0.2) is 20.5 Å². The summed E-state index contributed by atoms with van der Waals surface area (Å²) < 4.78 is 25.8. The molecule has 0 saturated heterocycles. The fourth-order valence-electron chi connectivity index (χ4n) is 1.35. The largest absolute Gasteiger partial charge is 0.324 e. The molecule has 1 aromatic carbocycles. The zero-order valence-corrected chi connectivity index (χ0v) is 9.61. The van der Waals surface area contributed by atoms with Crippen LogP contribution in [0.25, 0.3) is 0 Å². The highest BCUT2D eigenvalue weighted by Gasteiger charge is 2.06. The van der Waals surface area contributed by atoms with Crippen molar-refractivity contribution in [2.24, 2.45) is 11.7 Å². The summed E-state index contributed by atoms with van der Waals surface area (Å²) in [6, 6.07) is 4.79. The number of nitrogens with zero attached hydrogens (tertiary/aromatic N) is 2. The van der Waals surface area contributed by atoms with Gasteiger partial charge in [-0.1, -0.05) is 0 Å². The number of hydrazine groups is 2. The van der Waals surface area contributed by atoms with E-state index in [2.05, 4.69) is 26.1 Å². The fourth-order valence-corrected chi connectivity index (χ4v) is 1.35. The van der Waals surface area contributed by atoms with E-state index >= 15 is 0 Å². The summed E-state index contributed by atoms with van der Waals surface area (Å²) >= 11 is 0. The van der Waals surface area contributed by atoms with Gasteiger partial charge in [0, 0.05) is 17.8 Å². The van der Waals surface area contributed by atoms with E-state index in [1.54, 1.807) is 0 Å². The minimum atomic E-state index is -0.977. The number of rotatable bonds is 4. The van der Waals surface area contributed by atoms with Crippen molar-refractivity contribution in [3.63, 3.8) is 0 Å². The van der Waals surface area contributed by atoms with Gasteiger partial charge in [0.25, 0.3) is 0 Å². The van der Waals surface area contributed by atoms with Crippen molar-refractivity contribution in [3.05, 3.63) is 35.9 Å². The number of benzene rings is 1. The Kier molecular flexibility index (Phi) is 3.68. The van der Waals surface area contributed by atoms with E-state index < -0.39 is 11.6 Å². The lowest BCUT2D eigenvalue weighted by Crippen LogP contribution is -2.14. The molecule has 0 unspecified atom stereocenters. The Morgan fingerprint density at radius 3 is 2.05 bits per heavy atom. The zero-order chi connectivity index (χ0) is 13.8. The monoisotopic (exact) mass is 267 g/mol. The first kappa shape index (κ1) is 12.9. The van der Waals surface area contributed by atoms with Crippen LogP contribution < -0.4 is 27.9 Å². The van der Waals surface area contributed by atoms with E-state index in [9.17, 15) is 8.78 Å². The van der Waals surface area contributed by atoms with Crippen molar-refractivity contribution < 1.29 is 8.78 Å². The van der Waals surface area contributed by atoms with Crippen molar-refractivity contribution >= 4 is 23.3 Å². The number of aromatic nitrogens is 2. The van der Waals surface area contributed by atoms with Crippen molar-refractivity contribution in [1.82, 2.24) is 9.97 Å². The predicted molar refractivity (Wildman–Crippen MR) is 67.3 cm³/mol. The number of anilines is 4. The van der Waals surface area contributed by atoms with Crippen LogP contribution in [0.1, 0.15) is 0 Å². The number of nitrogen functional groups attached to an aromatic ring is 2. The maximum absolute atomic E-state index is 13.1. The summed E-state index contributed by atoms with van der Waals surface area (Å²) in [4.78, 5) is 7.95. The van der Waals surface area contributed by atoms with Gasteiger partial charge in [0.05, 0.1) is 0 Å². The van der Waals surface area contributed by atoms with Crippen molar-refractivity contribution in [2.75, 3.05) is 16.2 Å². The molecule has 0 atom stereocenters. The first-order valence-electron chi connectivity index (χ1n) is 5.17. The Balaban J connectivity index is 2.29. The zero-order valence-electron chi connectivity index (χ0n) is 9.61. The Morgan fingerprint density at radius 1 is 0.895 bits per heavy atom. The molecule has 0 amide bonds. The average Bonchev–Trinajstić information content (AvgIpc) is 2.42. The van der Waals surface area contributed by atoms with Gasteiger partial charge >= 0.3 is 0 Å². The lowest BCUT2D eigenvalue weighted by atomic mass is 10.3. The van der Waals surface area contributed by atoms with E-state index in [0.29, 0.717) is 11.6 Å². The highest BCUT2D eigenvalue weighted by Crippen LogP contribution is 2.19. The normalized spacial score (nSPS) is 10.1. The van der Waals surface area contributed by atoms with Crippen LogP contribution in [0, 0.1) is 11.6 Å². The molecule has 0 aliphatic rings. The molecular formula is C10H11F2N7. The summed E-state index contributed by atoms with van der Waals surface area (Å²) in [5.41, 5.74) is 4.94. The Hall–Kier alpha value is -2.52. The van der Waals surface area contributed by atoms with E-state index in [4.69, 9.17) is 11.7 Å². The van der Waals surface area contributed by atoms with Gasteiger partial charge < -0.3 is 16.2 Å². The molecule has 0 fully saturated rings. The number of nitrogens with one attached hydrogen (secondary N) is 3. The van der Waals surface area contributed by atoms with Crippen LogP contribution in [-0.4, -0.2) is 9.97 Å². The van der Waals surface area contributed by atoms with Crippen LogP contribution in [0.5, 0.6) is 0 Å². The molecule has 0 bridgehead atoms. The van der Waals surface area contributed by atoms with Crippen LogP contribution in [0.15, 0.2) is 24.3 Å². The van der Waals surface area contributed by atoms with Gasteiger partial charge in [0.1, 0.15) is 11.6 Å². The topological polar surface area (TPSA) is 114 Å². The molecule has 1 heterocycles. The highest BCUT2D eigenvalue weighted by molar-refractivity contribution is 5.58. The second-order valence-electron chi connectivity index (χ2n) is 3.50. The fraction of sp³-hybridized carbons (Fsp3) is 0. The standard InChI is InChI=1S/C10H11F2N7/c11-6-2-1-5(3-7(6)12)15-10-16-8(18-13)4-9(17-10)19-14/h1-4H,13-14H2,(H3,15,16,17,18,19). The maximum atomic E-state index is 13.1. The number of nitrogens with two attached hydrogens (primary N) is 2. The summed E-state index contributed by atoms with van der Waals surface area (Å²) in [5.74, 6) is 9.27. The van der Waals surface area contributed by atoms with Crippen LogP contribution in [0.2, 0.25) is 0 Å². The van der Waals surface area contributed by atoms with Crippen LogP contribution in [0.3, 0.4) is 0 Å². The number of halogens is 2. The highest BCUT2D eigenvalue weighted by atomic mass is 19.2. The summed E-state index contributed by atoms with van der Waals surface area (Å²) in [7, 11) is 0. The first-order valence-corrected chi connectivity index (χ1v) is 5.17. The van der Waals surface area contributed by atoms with Crippen LogP contribution >= 0.6 is 0 Å². The summed E-state index contributed by atoms with van der Waals surface area (Å²) in [5, 5.41) is 2.70. The molecule has 7 N–H and O–H groups in total. The van der Waals surface area contributed by atoms with Gasteiger partial charge in [-0.3, -0.25) is 0 Å². The molecule has 1 aromatic heterocycles. The third kappa shape index (κ3) is 3.03. The molecule has 100 valence electrons. The Morgan fingerprint density at radius 2 is 1.53 bits per heavy atom. The number of hydrogen-bond donors (Lipinski definition) is 5. The molecule has 7 nitrogen and oxygen atoms in total. The summed E-state index contributed by atoms with van der Waals surface area (Å²) in [6.07, 6.45) is 0. The van der Waals surface area contributed by atoms with E-state index in [1.165, 1.54) is 12.1 Å². The van der Waals surface area contributed by atoms with Crippen molar-refractivity contribution in [1.29, 1.82) is 0 Å². The lowest BCUT2D eigenvalue weighted by Gasteiger charge is -2.09. The molecule has 0 spiro atoms. The maximum Gasteiger partial charge on any atom is 0.231 e. The molecule has 19 heavy (non-hydrogen) atoms.